The lowest BCUT2D eigenvalue weighted by Crippen LogP contribution is -2.30. The van der Waals surface area contributed by atoms with E-state index < -0.39 is 5.91 Å². The highest BCUT2D eigenvalue weighted by Crippen LogP contribution is 2.18. The number of carbonyl (C=O) groups is 2. The zero-order chi connectivity index (χ0) is 20.8. The van der Waals surface area contributed by atoms with Gasteiger partial charge in [0.15, 0.2) is 0 Å². The standard InChI is InChI=1S/C22H15Br3N2O2/c23-16-9-7-14(8-10-16)11-20(22(29)26-19-6-2-5-18(25)13-19)27-21(28)15-3-1-4-17(24)12-15/h1-13H,(H,26,29)(H,27,28). The van der Waals surface area contributed by atoms with Crippen molar-refractivity contribution in [3.63, 3.8) is 0 Å². The molecule has 3 rings (SSSR count). The molecular formula is C22H15Br3N2O2. The van der Waals surface area contributed by atoms with Crippen molar-refractivity contribution in [1.82, 2.24) is 5.32 Å². The number of hydrogen-bond donors (Lipinski definition) is 2. The third kappa shape index (κ3) is 6.39. The molecule has 3 aromatic carbocycles. The number of rotatable bonds is 5. The van der Waals surface area contributed by atoms with Gasteiger partial charge in [-0.05, 0) is 60.2 Å². The van der Waals surface area contributed by atoms with Crippen LogP contribution in [0.5, 0.6) is 0 Å². The largest absolute Gasteiger partial charge is 0.321 e. The molecule has 0 unspecified atom stereocenters. The topological polar surface area (TPSA) is 58.2 Å². The first kappa shape index (κ1) is 21.5. The highest BCUT2D eigenvalue weighted by Gasteiger charge is 2.15. The summed E-state index contributed by atoms with van der Waals surface area (Å²) in [7, 11) is 0. The second kappa shape index (κ2) is 10.0. The fraction of sp³-hybridized carbons (Fsp3) is 0. The third-order valence-corrected chi connectivity index (χ3v) is 5.36. The highest BCUT2D eigenvalue weighted by molar-refractivity contribution is 9.11. The number of anilines is 1. The van der Waals surface area contributed by atoms with Crippen molar-refractivity contribution in [3.05, 3.63) is 103 Å². The summed E-state index contributed by atoms with van der Waals surface area (Å²) >= 11 is 10.1. The summed E-state index contributed by atoms with van der Waals surface area (Å²) in [5, 5.41) is 5.54. The van der Waals surface area contributed by atoms with Gasteiger partial charge in [-0.2, -0.15) is 0 Å². The molecule has 0 fully saturated rings. The lowest BCUT2D eigenvalue weighted by atomic mass is 10.1. The Bertz CT molecular complexity index is 1080. The summed E-state index contributed by atoms with van der Waals surface area (Å²) in [6.07, 6.45) is 1.63. The SMILES string of the molecule is O=C(Nc1cccc(Br)c1)C(=Cc1ccc(Br)cc1)NC(=O)c1cccc(Br)c1. The van der Waals surface area contributed by atoms with Crippen molar-refractivity contribution < 1.29 is 9.59 Å². The molecule has 0 saturated carbocycles. The second-order valence-electron chi connectivity index (χ2n) is 6.04. The maximum atomic E-state index is 12.9. The summed E-state index contributed by atoms with van der Waals surface area (Å²) in [5.74, 6) is -0.798. The van der Waals surface area contributed by atoms with E-state index in [1.165, 1.54) is 0 Å². The van der Waals surface area contributed by atoms with Crippen LogP contribution in [0.1, 0.15) is 15.9 Å². The van der Waals surface area contributed by atoms with Crippen molar-refractivity contribution in [2.24, 2.45) is 0 Å². The Morgan fingerprint density at radius 2 is 1.41 bits per heavy atom. The van der Waals surface area contributed by atoms with Crippen LogP contribution in [0, 0.1) is 0 Å². The maximum Gasteiger partial charge on any atom is 0.272 e. The monoisotopic (exact) mass is 576 g/mol. The summed E-state index contributed by atoms with van der Waals surface area (Å²) in [6, 6.07) is 21.6. The zero-order valence-electron chi connectivity index (χ0n) is 15.0. The Kier molecular flexibility index (Phi) is 7.41. The van der Waals surface area contributed by atoms with Crippen molar-refractivity contribution in [2.75, 3.05) is 5.32 Å². The van der Waals surface area contributed by atoms with E-state index in [-0.39, 0.29) is 11.6 Å². The molecule has 0 aromatic heterocycles. The Morgan fingerprint density at radius 3 is 2.07 bits per heavy atom. The molecule has 0 saturated heterocycles. The Balaban J connectivity index is 1.89. The molecule has 146 valence electrons. The number of hydrogen-bond acceptors (Lipinski definition) is 2. The van der Waals surface area contributed by atoms with Crippen LogP contribution in [-0.4, -0.2) is 11.8 Å². The Morgan fingerprint density at radius 1 is 0.759 bits per heavy atom. The van der Waals surface area contributed by atoms with Crippen molar-refractivity contribution >= 4 is 71.4 Å². The van der Waals surface area contributed by atoms with Crippen LogP contribution in [-0.2, 0) is 4.79 Å². The molecule has 0 spiro atoms. The van der Waals surface area contributed by atoms with Gasteiger partial charge in [-0.15, -0.1) is 0 Å². The van der Waals surface area contributed by atoms with Crippen LogP contribution < -0.4 is 10.6 Å². The average Bonchev–Trinajstić information content (AvgIpc) is 2.69. The number of nitrogens with one attached hydrogen (secondary N) is 2. The van der Waals surface area contributed by atoms with Gasteiger partial charge in [0.25, 0.3) is 11.8 Å². The normalized spacial score (nSPS) is 11.1. The first-order valence-corrected chi connectivity index (χ1v) is 10.9. The van der Waals surface area contributed by atoms with Crippen LogP contribution in [0.4, 0.5) is 5.69 Å². The van der Waals surface area contributed by atoms with Gasteiger partial charge in [-0.1, -0.05) is 72.1 Å². The van der Waals surface area contributed by atoms with E-state index >= 15 is 0 Å². The van der Waals surface area contributed by atoms with E-state index in [1.807, 2.05) is 42.5 Å². The summed E-state index contributed by atoms with van der Waals surface area (Å²) in [4.78, 5) is 25.6. The molecular weight excluding hydrogens is 564 g/mol. The van der Waals surface area contributed by atoms with Crippen LogP contribution >= 0.6 is 47.8 Å². The summed E-state index contributed by atoms with van der Waals surface area (Å²) in [6.45, 7) is 0. The molecule has 0 heterocycles. The van der Waals surface area contributed by atoms with Crippen LogP contribution in [0.25, 0.3) is 6.08 Å². The predicted molar refractivity (Wildman–Crippen MR) is 126 cm³/mol. The van der Waals surface area contributed by atoms with Crippen molar-refractivity contribution in [2.45, 2.75) is 0 Å². The molecule has 7 heteroatoms. The van der Waals surface area contributed by atoms with Gasteiger partial charge in [0.05, 0.1) is 0 Å². The molecule has 0 atom stereocenters. The van der Waals surface area contributed by atoms with Crippen LogP contribution in [0.15, 0.2) is 91.9 Å². The Hall–Kier alpha value is -2.22. The summed E-state index contributed by atoms with van der Waals surface area (Å²) in [5.41, 5.74) is 1.97. The smallest absolute Gasteiger partial charge is 0.272 e. The lowest BCUT2D eigenvalue weighted by Gasteiger charge is -2.12. The number of carbonyl (C=O) groups excluding carboxylic acids is 2. The van der Waals surface area contributed by atoms with E-state index in [0.717, 1.165) is 19.0 Å². The molecule has 2 N–H and O–H groups in total. The minimum atomic E-state index is -0.422. The van der Waals surface area contributed by atoms with Crippen molar-refractivity contribution in [1.29, 1.82) is 0 Å². The van der Waals surface area contributed by atoms with E-state index in [4.69, 9.17) is 0 Å². The zero-order valence-corrected chi connectivity index (χ0v) is 19.7. The second-order valence-corrected chi connectivity index (χ2v) is 8.79. The van der Waals surface area contributed by atoms with Gasteiger partial charge in [0, 0.05) is 24.7 Å². The molecule has 29 heavy (non-hydrogen) atoms. The highest BCUT2D eigenvalue weighted by atomic mass is 79.9. The summed E-state index contributed by atoms with van der Waals surface area (Å²) < 4.78 is 2.54. The van der Waals surface area contributed by atoms with Gasteiger partial charge in [0.1, 0.15) is 5.70 Å². The molecule has 2 amide bonds. The van der Waals surface area contributed by atoms with Crippen LogP contribution in [0.3, 0.4) is 0 Å². The van der Waals surface area contributed by atoms with E-state index in [1.54, 1.807) is 36.4 Å². The van der Waals surface area contributed by atoms with Gasteiger partial charge < -0.3 is 10.6 Å². The maximum absolute atomic E-state index is 12.9. The van der Waals surface area contributed by atoms with Gasteiger partial charge in [-0.25, -0.2) is 0 Å². The minimum absolute atomic E-state index is 0.136. The van der Waals surface area contributed by atoms with E-state index in [2.05, 4.69) is 58.4 Å². The predicted octanol–water partition coefficient (Wildman–Crippen LogP) is 6.38. The molecule has 0 bridgehead atoms. The Labute approximate surface area is 193 Å². The first-order chi connectivity index (χ1) is 13.9. The van der Waals surface area contributed by atoms with Gasteiger partial charge in [-0.3, -0.25) is 9.59 Å². The molecule has 0 aliphatic heterocycles. The minimum Gasteiger partial charge on any atom is -0.321 e. The number of halogens is 3. The molecule has 0 aliphatic carbocycles. The third-order valence-electron chi connectivity index (χ3n) is 3.84. The van der Waals surface area contributed by atoms with Gasteiger partial charge >= 0.3 is 0 Å². The number of benzene rings is 3. The molecule has 0 radical (unpaired) electrons. The fourth-order valence-electron chi connectivity index (χ4n) is 2.47. The first-order valence-electron chi connectivity index (χ1n) is 8.52. The quantitative estimate of drug-likeness (QED) is 0.345. The molecule has 3 aromatic rings. The van der Waals surface area contributed by atoms with E-state index in [0.29, 0.717) is 11.3 Å². The lowest BCUT2D eigenvalue weighted by molar-refractivity contribution is -0.113. The molecule has 0 aliphatic rings. The van der Waals surface area contributed by atoms with Crippen molar-refractivity contribution in [3.8, 4) is 0 Å². The van der Waals surface area contributed by atoms with Crippen LogP contribution in [0.2, 0.25) is 0 Å². The molecule has 4 nitrogen and oxygen atoms in total. The average molecular weight is 579 g/mol. The fourth-order valence-corrected chi connectivity index (χ4v) is 3.54. The van der Waals surface area contributed by atoms with E-state index in [9.17, 15) is 9.59 Å². The van der Waals surface area contributed by atoms with Gasteiger partial charge in [0.2, 0.25) is 0 Å². The number of amides is 2.